The maximum absolute atomic E-state index is 5.30. The molecule has 0 amide bonds. The van der Waals surface area contributed by atoms with Gasteiger partial charge in [-0.2, -0.15) is 0 Å². The van der Waals surface area contributed by atoms with Gasteiger partial charge in [0.15, 0.2) is 5.96 Å². The third-order valence-electron chi connectivity index (χ3n) is 5.97. The van der Waals surface area contributed by atoms with Gasteiger partial charge in [-0.25, -0.2) is 4.99 Å². The molecule has 2 rings (SSSR count). The predicted molar refractivity (Wildman–Crippen MR) is 119 cm³/mol. The quantitative estimate of drug-likeness (QED) is 0.422. The first-order valence-corrected chi connectivity index (χ1v) is 11.0. The molecule has 0 atom stereocenters. The Morgan fingerprint density at radius 3 is 2.29 bits per heavy atom. The summed E-state index contributed by atoms with van der Waals surface area (Å²) < 4.78 is 5.30. The second-order valence-electron chi connectivity index (χ2n) is 7.92. The smallest absolute Gasteiger partial charge is 0.191 e. The summed E-state index contributed by atoms with van der Waals surface area (Å²) in [6.07, 6.45) is 5.04. The molecule has 0 unspecified atom stereocenters. The molecule has 2 N–H and O–H groups in total. The van der Waals surface area contributed by atoms with Crippen molar-refractivity contribution in [2.24, 2.45) is 10.4 Å². The number of ether oxygens (including phenoxy) is 1. The lowest BCUT2D eigenvalue weighted by Crippen LogP contribution is -2.46. The lowest BCUT2D eigenvalue weighted by Gasteiger charge is -2.42. The summed E-state index contributed by atoms with van der Waals surface area (Å²) in [6, 6.07) is 8.88. The summed E-state index contributed by atoms with van der Waals surface area (Å²) in [5.74, 6) is 0.915. The third-order valence-corrected chi connectivity index (χ3v) is 5.97. The summed E-state index contributed by atoms with van der Waals surface area (Å²) in [6.45, 7) is 13.1. The van der Waals surface area contributed by atoms with Crippen LogP contribution in [0, 0.1) is 5.41 Å². The standard InChI is InChI=1S/C23H40N4O/c1-5-24-22(26-19-23(13-8-14-23)15-16-28-4)25-17-20-9-11-21(12-10-20)18-27(6-2)7-3/h9-12H,5-8,13-19H2,1-4H3,(H2,24,25,26). The van der Waals surface area contributed by atoms with Gasteiger partial charge in [0.2, 0.25) is 0 Å². The number of hydrogen-bond donors (Lipinski definition) is 2. The molecule has 0 radical (unpaired) electrons. The number of guanidine groups is 1. The number of nitrogens with one attached hydrogen (secondary N) is 2. The average molecular weight is 389 g/mol. The molecule has 1 aromatic rings. The van der Waals surface area contributed by atoms with Crippen LogP contribution in [0.25, 0.3) is 0 Å². The van der Waals surface area contributed by atoms with E-state index in [1.807, 2.05) is 0 Å². The highest BCUT2D eigenvalue weighted by atomic mass is 16.5. The first-order valence-electron chi connectivity index (χ1n) is 11.0. The molecule has 5 heteroatoms. The zero-order chi connectivity index (χ0) is 20.2. The number of nitrogens with zero attached hydrogens (tertiary/aromatic N) is 2. The fourth-order valence-corrected chi connectivity index (χ4v) is 3.75. The Hall–Kier alpha value is -1.59. The second kappa shape index (κ2) is 12.1. The minimum absolute atomic E-state index is 0.387. The highest BCUT2D eigenvalue weighted by Gasteiger charge is 2.36. The van der Waals surface area contributed by atoms with Gasteiger partial charge in [-0.15, -0.1) is 0 Å². The molecule has 158 valence electrons. The van der Waals surface area contributed by atoms with Crippen LogP contribution in [-0.4, -0.2) is 50.8 Å². The summed E-state index contributed by atoms with van der Waals surface area (Å²) in [4.78, 5) is 7.23. The predicted octanol–water partition coefficient (Wildman–Crippen LogP) is 3.79. The van der Waals surface area contributed by atoms with Crippen LogP contribution in [0.3, 0.4) is 0 Å². The van der Waals surface area contributed by atoms with E-state index >= 15 is 0 Å². The van der Waals surface area contributed by atoms with Gasteiger partial charge in [0.25, 0.3) is 0 Å². The maximum Gasteiger partial charge on any atom is 0.191 e. The van der Waals surface area contributed by atoms with E-state index in [1.54, 1.807) is 7.11 Å². The Kier molecular flexibility index (Phi) is 9.79. The molecule has 28 heavy (non-hydrogen) atoms. The average Bonchev–Trinajstić information content (AvgIpc) is 2.70. The van der Waals surface area contributed by atoms with Gasteiger partial charge in [0.1, 0.15) is 0 Å². The van der Waals surface area contributed by atoms with Gasteiger partial charge >= 0.3 is 0 Å². The lowest BCUT2D eigenvalue weighted by atomic mass is 9.67. The molecule has 0 heterocycles. The Morgan fingerprint density at radius 2 is 1.75 bits per heavy atom. The first-order chi connectivity index (χ1) is 13.6. The van der Waals surface area contributed by atoms with Crippen LogP contribution in [0.1, 0.15) is 57.6 Å². The van der Waals surface area contributed by atoms with Crippen molar-refractivity contribution in [1.82, 2.24) is 15.5 Å². The van der Waals surface area contributed by atoms with E-state index in [1.165, 1.54) is 30.4 Å². The Bertz CT molecular complexity index is 577. The van der Waals surface area contributed by atoms with Crippen LogP contribution >= 0.6 is 0 Å². The number of rotatable bonds is 12. The van der Waals surface area contributed by atoms with Crippen LogP contribution in [-0.2, 0) is 17.8 Å². The van der Waals surface area contributed by atoms with Crippen molar-refractivity contribution in [3.63, 3.8) is 0 Å². The Labute approximate surface area is 171 Å². The largest absolute Gasteiger partial charge is 0.385 e. The zero-order valence-electron chi connectivity index (χ0n) is 18.4. The fourth-order valence-electron chi connectivity index (χ4n) is 3.75. The van der Waals surface area contributed by atoms with Crippen molar-refractivity contribution in [1.29, 1.82) is 0 Å². The molecule has 1 fully saturated rings. The van der Waals surface area contributed by atoms with Crippen molar-refractivity contribution in [2.75, 3.05) is 39.9 Å². The van der Waals surface area contributed by atoms with Gasteiger partial charge in [0.05, 0.1) is 6.54 Å². The van der Waals surface area contributed by atoms with Crippen LogP contribution in [0.2, 0.25) is 0 Å². The molecule has 1 aliphatic rings. The number of hydrogen-bond acceptors (Lipinski definition) is 3. The SMILES string of the molecule is CCNC(=NCc1ccc(CN(CC)CC)cc1)NCC1(CCOC)CCC1. The lowest BCUT2D eigenvalue weighted by molar-refractivity contribution is 0.0732. The monoisotopic (exact) mass is 388 g/mol. The minimum Gasteiger partial charge on any atom is -0.385 e. The van der Waals surface area contributed by atoms with E-state index in [4.69, 9.17) is 9.73 Å². The molecular formula is C23H40N4O. The van der Waals surface area contributed by atoms with Crippen LogP contribution in [0.4, 0.5) is 0 Å². The number of benzene rings is 1. The van der Waals surface area contributed by atoms with Gasteiger partial charge in [-0.1, -0.05) is 44.5 Å². The summed E-state index contributed by atoms with van der Waals surface area (Å²) >= 11 is 0. The molecule has 0 saturated heterocycles. The fraction of sp³-hybridized carbons (Fsp3) is 0.696. The Morgan fingerprint density at radius 1 is 1.07 bits per heavy atom. The van der Waals surface area contributed by atoms with E-state index in [2.05, 4.69) is 60.6 Å². The summed E-state index contributed by atoms with van der Waals surface area (Å²) in [5.41, 5.74) is 3.00. The van der Waals surface area contributed by atoms with Crippen LogP contribution in [0.15, 0.2) is 29.3 Å². The topological polar surface area (TPSA) is 48.9 Å². The molecule has 5 nitrogen and oxygen atoms in total. The molecule has 0 bridgehead atoms. The van der Waals surface area contributed by atoms with Crippen molar-refractivity contribution in [3.05, 3.63) is 35.4 Å². The molecule has 0 aliphatic heterocycles. The zero-order valence-corrected chi connectivity index (χ0v) is 18.4. The number of methoxy groups -OCH3 is 1. The highest BCUT2D eigenvalue weighted by Crippen LogP contribution is 2.43. The second-order valence-corrected chi connectivity index (χ2v) is 7.92. The molecule has 0 spiro atoms. The van der Waals surface area contributed by atoms with E-state index in [9.17, 15) is 0 Å². The van der Waals surface area contributed by atoms with Crippen LogP contribution < -0.4 is 10.6 Å². The van der Waals surface area contributed by atoms with Gasteiger partial charge in [-0.05, 0) is 55.8 Å². The molecule has 1 aliphatic carbocycles. The van der Waals surface area contributed by atoms with E-state index in [0.717, 1.165) is 51.7 Å². The van der Waals surface area contributed by atoms with Gasteiger partial charge in [-0.3, -0.25) is 4.90 Å². The molecular weight excluding hydrogens is 348 g/mol. The normalized spacial score (nSPS) is 16.1. The van der Waals surface area contributed by atoms with Crippen molar-refractivity contribution in [3.8, 4) is 0 Å². The van der Waals surface area contributed by atoms with E-state index in [-0.39, 0.29) is 0 Å². The molecule has 1 saturated carbocycles. The number of aliphatic imine (C=N–C) groups is 1. The highest BCUT2D eigenvalue weighted by molar-refractivity contribution is 5.79. The van der Waals surface area contributed by atoms with E-state index < -0.39 is 0 Å². The van der Waals surface area contributed by atoms with Gasteiger partial charge in [0, 0.05) is 33.4 Å². The Balaban J connectivity index is 1.89. The summed E-state index contributed by atoms with van der Waals surface area (Å²) in [5, 5.41) is 6.96. The van der Waals surface area contributed by atoms with Gasteiger partial charge < -0.3 is 15.4 Å². The van der Waals surface area contributed by atoms with Crippen molar-refractivity contribution < 1.29 is 4.74 Å². The third kappa shape index (κ3) is 7.10. The van der Waals surface area contributed by atoms with Crippen molar-refractivity contribution in [2.45, 2.75) is 59.5 Å². The molecule has 1 aromatic carbocycles. The van der Waals surface area contributed by atoms with Crippen LogP contribution in [0.5, 0.6) is 0 Å². The van der Waals surface area contributed by atoms with E-state index in [0.29, 0.717) is 12.0 Å². The minimum atomic E-state index is 0.387. The van der Waals surface area contributed by atoms with Crippen molar-refractivity contribution >= 4 is 5.96 Å². The summed E-state index contributed by atoms with van der Waals surface area (Å²) in [7, 11) is 1.79. The first kappa shape index (κ1) is 22.7. The molecule has 0 aromatic heterocycles. The maximum atomic E-state index is 5.30.